The first kappa shape index (κ1) is 22.8. The molecule has 146 valence electrons. The topological polar surface area (TPSA) is 75.5 Å². The van der Waals surface area contributed by atoms with Gasteiger partial charge >= 0.3 is 0 Å². The van der Waals surface area contributed by atoms with Crippen LogP contribution in [0.4, 0.5) is 0 Å². The van der Waals surface area contributed by atoms with Crippen LogP contribution in [0.5, 0.6) is 0 Å². The first-order valence-electron chi connectivity index (χ1n) is 8.58. The molecule has 1 aromatic carbocycles. The number of sulfone groups is 1. The van der Waals surface area contributed by atoms with Crippen LogP contribution in [0.25, 0.3) is 10.9 Å². The predicted octanol–water partition coefficient (Wildman–Crippen LogP) is 2.64. The van der Waals surface area contributed by atoms with Crippen LogP contribution in [0.1, 0.15) is 19.8 Å². The Kier molecular flexibility index (Phi) is 9.42. The molecule has 8 heteroatoms. The molecule has 1 heterocycles. The van der Waals surface area contributed by atoms with E-state index in [4.69, 9.17) is 0 Å². The Hall–Kier alpha value is -1.29. The van der Waals surface area contributed by atoms with Crippen LogP contribution in [-0.4, -0.2) is 50.6 Å². The fraction of sp³-hybridized carbons (Fsp3) is 0.500. The van der Waals surface area contributed by atoms with Crippen molar-refractivity contribution in [2.24, 2.45) is 4.99 Å². The highest BCUT2D eigenvalue weighted by molar-refractivity contribution is 14.0. The van der Waals surface area contributed by atoms with E-state index < -0.39 is 9.84 Å². The molecule has 2 aromatic rings. The lowest BCUT2D eigenvalue weighted by atomic mass is 10.2. The summed E-state index contributed by atoms with van der Waals surface area (Å²) in [6.07, 6.45) is 4.91. The molecule has 0 fully saturated rings. The molecule has 0 aliphatic carbocycles. The summed E-state index contributed by atoms with van der Waals surface area (Å²) in [6.45, 7) is 3.69. The zero-order valence-corrected chi connectivity index (χ0v) is 18.8. The molecule has 0 radical (unpaired) electrons. The average Bonchev–Trinajstić information content (AvgIpc) is 2.98. The van der Waals surface area contributed by atoms with Gasteiger partial charge in [-0.3, -0.25) is 4.99 Å². The molecule has 0 saturated carbocycles. The molecule has 1 atom stereocenters. The Balaban J connectivity index is 0.00000338. The first-order chi connectivity index (χ1) is 11.9. The molecule has 1 aromatic heterocycles. The van der Waals surface area contributed by atoms with E-state index in [1.54, 1.807) is 7.05 Å². The quantitative estimate of drug-likeness (QED) is 0.257. The smallest absolute Gasteiger partial charge is 0.191 e. The molecule has 0 amide bonds. The number of hydrogen-bond donors (Lipinski definition) is 2. The van der Waals surface area contributed by atoms with Gasteiger partial charge in [0.2, 0.25) is 0 Å². The van der Waals surface area contributed by atoms with Crippen molar-refractivity contribution in [2.75, 3.05) is 25.6 Å². The average molecular weight is 492 g/mol. The lowest BCUT2D eigenvalue weighted by Crippen LogP contribution is -2.43. The van der Waals surface area contributed by atoms with Crippen LogP contribution >= 0.6 is 24.0 Å². The van der Waals surface area contributed by atoms with E-state index in [0.29, 0.717) is 12.4 Å². The number of aliphatic imine (C=N–C) groups is 1. The lowest BCUT2D eigenvalue weighted by Gasteiger charge is -2.17. The number of aromatic nitrogens is 1. The van der Waals surface area contributed by atoms with Crippen LogP contribution < -0.4 is 10.6 Å². The van der Waals surface area contributed by atoms with E-state index in [-0.39, 0.29) is 35.8 Å². The Bertz CT molecular complexity index is 817. The number of nitrogens with zero attached hydrogens (tertiary/aromatic N) is 2. The summed E-state index contributed by atoms with van der Waals surface area (Å²) < 4.78 is 24.7. The van der Waals surface area contributed by atoms with Crippen molar-refractivity contribution in [1.82, 2.24) is 15.2 Å². The monoisotopic (exact) mass is 492 g/mol. The number of fused-ring (bicyclic) bond motifs is 1. The summed E-state index contributed by atoms with van der Waals surface area (Å²) in [6, 6.07) is 10.5. The summed E-state index contributed by atoms with van der Waals surface area (Å²) in [5, 5.41) is 7.77. The van der Waals surface area contributed by atoms with Crippen LogP contribution in [0.2, 0.25) is 0 Å². The van der Waals surface area contributed by atoms with Gasteiger partial charge in [-0.1, -0.05) is 18.2 Å². The summed E-state index contributed by atoms with van der Waals surface area (Å²) in [4.78, 5) is 4.20. The van der Waals surface area contributed by atoms with Crippen LogP contribution in [0, 0.1) is 0 Å². The maximum Gasteiger partial charge on any atom is 0.191 e. The van der Waals surface area contributed by atoms with Crippen molar-refractivity contribution in [2.45, 2.75) is 32.4 Å². The summed E-state index contributed by atoms with van der Waals surface area (Å²) in [7, 11) is -1.21. The van der Waals surface area contributed by atoms with E-state index in [2.05, 4.69) is 56.7 Å². The molecule has 2 N–H and O–H groups in total. The second-order valence-corrected chi connectivity index (χ2v) is 8.64. The van der Waals surface area contributed by atoms with E-state index in [1.165, 1.54) is 17.2 Å². The van der Waals surface area contributed by atoms with Crippen LogP contribution in [0.15, 0.2) is 41.5 Å². The minimum absolute atomic E-state index is 0. The SMILES string of the molecule is CN=C(NCCCn1ccc2ccccc21)NC(C)CCS(C)(=O)=O.I. The van der Waals surface area contributed by atoms with Gasteiger partial charge in [-0.25, -0.2) is 8.42 Å². The highest BCUT2D eigenvalue weighted by Gasteiger charge is 2.09. The number of guanidine groups is 1. The van der Waals surface area contributed by atoms with Gasteiger partial charge in [-0.15, -0.1) is 24.0 Å². The predicted molar refractivity (Wildman–Crippen MR) is 120 cm³/mol. The summed E-state index contributed by atoms with van der Waals surface area (Å²) in [5.74, 6) is 0.886. The van der Waals surface area contributed by atoms with Gasteiger partial charge in [0, 0.05) is 44.1 Å². The van der Waals surface area contributed by atoms with Gasteiger partial charge in [-0.05, 0) is 37.3 Å². The third-order valence-corrected chi connectivity index (χ3v) is 5.05. The van der Waals surface area contributed by atoms with Crippen molar-refractivity contribution in [1.29, 1.82) is 0 Å². The number of aryl methyl sites for hydroxylation is 1. The minimum Gasteiger partial charge on any atom is -0.356 e. The Labute approximate surface area is 173 Å². The third-order valence-electron chi connectivity index (χ3n) is 4.08. The number of halogens is 1. The molecule has 0 bridgehead atoms. The second kappa shape index (κ2) is 10.8. The summed E-state index contributed by atoms with van der Waals surface area (Å²) in [5.41, 5.74) is 1.25. The lowest BCUT2D eigenvalue weighted by molar-refractivity contribution is 0.578. The number of benzene rings is 1. The van der Waals surface area contributed by atoms with Crippen molar-refractivity contribution in [3.63, 3.8) is 0 Å². The first-order valence-corrected chi connectivity index (χ1v) is 10.6. The van der Waals surface area contributed by atoms with Crippen LogP contribution in [-0.2, 0) is 16.4 Å². The Morgan fingerprint density at radius 2 is 2.00 bits per heavy atom. The number of nitrogens with one attached hydrogen (secondary N) is 2. The zero-order valence-electron chi connectivity index (χ0n) is 15.6. The molecule has 2 rings (SSSR count). The molecule has 6 nitrogen and oxygen atoms in total. The van der Waals surface area contributed by atoms with Gasteiger partial charge in [0.25, 0.3) is 0 Å². The molecule has 0 spiro atoms. The van der Waals surface area contributed by atoms with Crippen molar-refractivity contribution in [3.05, 3.63) is 36.5 Å². The maximum absolute atomic E-state index is 11.2. The van der Waals surface area contributed by atoms with E-state index in [1.807, 2.05) is 6.92 Å². The third kappa shape index (κ3) is 7.53. The molecule has 0 aliphatic heterocycles. The Morgan fingerprint density at radius 1 is 1.27 bits per heavy atom. The van der Waals surface area contributed by atoms with Crippen molar-refractivity contribution >= 4 is 50.7 Å². The van der Waals surface area contributed by atoms with Crippen LogP contribution in [0.3, 0.4) is 0 Å². The van der Waals surface area contributed by atoms with E-state index in [0.717, 1.165) is 19.5 Å². The second-order valence-electron chi connectivity index (χ2n) is 6.38. The van der Waals surface area contributed by atoms with E-state index in [9.17, 15) is 8.42 Å². The maximum atomic E-state index is 11.2. The van der Waals surface area contributed by atoms with Crippen molar-refractivity contribution < 1.29 is 8.42 Å². The van der Waals surface area contributed by atoms with Gasteiger partial charge in [0.1, 0.15) is 9.84 Å². The van der Waals surface area contributed by atoms with Gasteiger partial charge < -0.3 is 15.2 Å². The van der Waals surface area contributed by atoms with Gasteiger partial charge in [0.15, 0.2) is 5.96 Å². The Morgan fingerprint density at radius 3 is 2.69 bits per heavy atom. The summed E-state index contributed by atoms with van der Waals surface area (Å²) >= 11 is 0. The highest BCUT2D eigenvalue weighted by atomic mass is 127. The molecule has 1 unspecified atom stereocenters. The zero-order chi connectivity index (χ0) is 18.3. The number of hydrogen-bond acceptors (Lipinski definition) is 3. The number of para-hydroxylation sites is 1. The molecular formula is C18H29IN4O2S. The molecule has 0 aliphatic rings. The fourth-order valence-corrected chi connectivity index (χ4v) is 3.46. The minimum atomic E-state index is -2.93. The van der Waals surface area contributed by atoms with Gasteiger partial charge in [-0.2, -0.15) is 0 Å². The standard InChI is InChI=1S/C18H28N4O2S.HI/c1-15(10-14-25(3,23)24)21-18(19-2)20-11-6-12-22-13-9-16-7-4-5-8-17(16)22;/h4-5,7-9,13,15H,6,10-12,14H2,1-3H3,(H2,19,20,21);1H. The molecular weight excluding hydrogens is 463 g/mol. The van der Waals surface area contributed by atoms with Gasteiger partial charge in [0.05, 0.1) is 5.75 Å². The number of rotatable bonds is 8. The largest absolute Gasteiger partial charge is 0.356 e. The highest BCUT2D eigenvalue weighted by Crippen LogP contribution is 2.15. The van der Waals surface area contributed by atoms with E-state index >= 15 is 0 Å². The molecule has 0 saturated heterocycles. The normalized spacial score (nSPS) is 13.3. The molecule has 26 heavy (non-hydrogen) atoms. The fourth-order valence-electron chi connectivity index (χ4n) is 2.68. The van der Waals surface area contributed by atoms with Crippen molar-refractivity contribution in [3.8, 4) is 0 Å².